The van der Waals surface area contributed by atoms with Gasteiger partial charge in [0.15, 0.2) is 52.6 Å². The van der Waals surface area contributed by atoms with Crippen molar-refractivity contribution in [2.45, 2.75) is 110 Å². The fourth-order valence-electron chi connectivity index (χ4n) is 20.6. The first kappa shape index (κ1) is 99.4. The first-order valence-electron chi connectivity index (χ1n) is 45.5. The molecule has 2 spiro atoms. The van der Waals surface area contributed by atoms with Gasteiger partial charge >= 0.3 is 0 Å². The topological polar surface area (TPSA) is 229 Å². The number of nitrogens with two attached hydrogens (primary N) is 1. The zero-order valence-electron chi connectivity index (χ0n) is 75.3. The van der Waals surface area contributed by atoms with Gasteiger partial charge in [-0.15, -0.1) is 29.8 Å². The number of likely N-dealkylation sites (N-methyl/N-ethyl adjacent to an activating group) is 1. The van der Waals surface area contributed by atoms with Crippen LogP contribution in [-0.2, 0) is 68.1 Å². The number of hydrogen-bond donors (Lipinski definition) is 6. The summed E-state index contributed by atoms with van der Waals surface area (Å²) in [6, 6.07) is 135. The average molecular weight is 2010 g/mol. The first-order chi connectivity index (χ1) is 65.9. The number of aromatic hydroxyl groups is 2. The molecule has 14 aromatic rings. The third kappa shape index (κ3) is 20.7. The van der Waals surface area contributed by atoms with Crippen LogP contribution >= 0.6 is 54.9 Å². The van der Waals surface area contributed by atoms with E-state index >= 15 is 0 Å². The Balaban J connectivity index is 0.000000121. The number of amides is 2. The Bertz CT molecular complexity index is 5500. The number of nitrogens with one attached hydrogen (secondary N) is 1. The number of imide groups is 1. The maximum absolute atomic E-state index is 12.6. The summed E-state index contributed by atoms with van der Waals surface area (Å²) in [6.45, 7) is 6.12. The smallest absolute Gasteiger partial charge is 0.253 e. The average Bonchev–Trinajstić information content (AvgIpc) is 1.47. The van der Waals surface area contributed by atoms with E-state index in [2.05, 4.69) is 381 Å². The fraction of sp³-hybridized carbons (Fsp3) is 0.202. The Hall–Kier alpha value is -11.1. The minimum Gasteiger partial charge on any atom is -0.504 e. The Kier molecular flexibility index (Phi) is 33.6. The normalized spacial score (nSPS) is 21.6. The number of carbonyl (C=O) groups excluding carboxylic acids is 5. The number of likely N-dealkylation sites (tertiary alicyclic amines) is 2. The van der Waals surface area contributed by atoms with Crippen molar-refractivity contribution in [3.05, 3.63) is 423 Å². The largest absolute Gasteiger partial charge is 0.504 e. The van der Waals surface area contributed by atoms with Crippen molar-refractivity contribution < 1.29 is 74.3 Å². The Morgan fingerprint density at radius 1 is 0.404 bits per heavy atom. The molecular formula is C114H108Cl2N4O11P4Pd. The summed E-state index contributed by atoms with van der Waals surface area (Å²) >= 11 is 9.53. The molecule has 5 fully saturated rings. The monoisotopic (exact) mass is 2010 g/mol. The number of rotatable bonds is 14. The van der Waals surface area contributed by atoms with Crippen LogP contribution < -0.4 is 84.2 Å². The van der Waals surface area contributed by atoms with E-state index in [0.29, 0.717) is 62.9 Å². The van der Waals surface area contributed by atoms with Crippen molar-refractivity contribution in [1.29, 1.82) is 0 Å². The van der Waals surface area contributed by atoms with Crippen molar-refractivity contribution in [3.8, 4) is 23.0 Å². The fourth-order valence-corrected chi connectivity index (χ4v) is 29.8. The van der Waals surface area contributed by atoms with Gasteiger partial charge in [-0.2, -0.15) is 0 Å². The van der Waals surface area contributed by atoms with Gasteiger partial charge in [0.05, 0.1) is 33.8 Å². The van der Waals surface area contributed by atoms with Crippen molar-refractivity contribution in [2.75, 3.05) is 32.0 Å². The third-order valence-electron chi connectivity index (χ3n) is 26.6. The molecule has 9 atom stereocenters. The van der Waals surface area contributed by atoms with E-state index in [1.807, 2.05) is 18.2 Å². The van der Waals surface area contributed by atoms with Gasteiger partial charge in [-0.3, -0.25) is 33.8 Å². The number of phenolic OH excluding ortho intramolecular Hbond substituents is 2. The van der Waals surface area contributed by atoms with Crippen molar-refractivity contribution in [3.63, 3.8) is 0 Å². The van der Waals surface area contributed by atoms with Crippen LogP contribution in [0.2, 0.25) is 0 Å². The molecule has 0 aromatic heterocycles. The second-order valence-electron chi connectivity index (χ2n) is 34.2. The zero-order chi connectivity index (χ0) is 94.1. The molecular weight excluding hydrogens is 1900 g/mol. The first-order valence-corrected chi connectivity index (χ1v) is 51.9. The summed E-state index contributed by atoms with van der Waals surface area (Å²) in [5.74, 6) is -0.536. The van der Waals surface area contributed by atoms with Crippen LogP contribution in [0.1, 0.15) is 67.2 Å². The van der Waals surface area contributed by atoms with Gasteiger partial charge in [0.1, 0.15) is 6.04 Å². The number of benzene rings is 14. The molecule has 5 aliphatic heterocycles. The maximum Gasteiger partial charge on any atom is 0.253 e. The van der Waals surface area contributed by atoms with Crippen LogP contribution in [-0.4, -0.2) is 133 Å². The number of halogens is 2. The minimum atomic E-state index is -1.14. The molecule has 22 heteroatoms. The number of ketones is 3. The molecule has 136 heavy (non-hydrogen) atoms. The van der Waals surface area contributed by atoms with E-state index in [1.165, 1.54) is 70.7 Å². The minimum absolute atomic E-state index is 0. The van der Waals surface area contributed by atoms with E-state index in [9.17, 15) is 44.4 Å². The zero-order valence-corrected chi connectivity index (χ0v) is 81.9. The van der Waals surface area contributed by atoms with Crippen molar-refractivity contribution in [2.24, 2.45) is 5.73 Å². The number of piperidine rings is 3. The van der Waals surface area contributed by atoms with Crippen molar-refractivity contribution >= 4 is 148 Å². The molecule has 4 aliphatic carbocycles. The van der Waals surface area contributed by atoms with Crippen molar-refractivity contribution in [1.82, 2.24) is 15.1 Å². The number of carbonyl (C=O) groups is 5. The van der Waals surface area contributed by atoms with Gasteiger partial charge in [0, 0.05) is 76.6 Å². The molecule has 14 aromatic carbocycles. The van der Waals surface area contributed by atoms with E-state index in [-0.39, 0.29) is 67.3 Å². The summed E-state index contributed by atoms with van der Waals surface area (Å²) in [4.78, 5) is 60.7. The number of Topliss-reactive ketones (excluding diaryl/α,β-unsaturated/α-hetero) is 3. The summed E-state index contributed by atoms with van der Waals surface area (Å²) in [5, 5.41) is 64.1. The summed E-state index contributed by atoms with van der Waals surface area (Å²) in [7, 11) is -0.468. The molecule has 1 unspecified atom stereocenters. The second-order valence-corrected chi connectivity index (χ2v) is 43.9. The molecule has 4 bridgehead atoms. The molecule has 7 N–H and O–H groups in total. The molecule has 9 aliphatic rings. The molecule has 694 valence electrons. The summed E-state index contributed by atoms with van der Waals surface area (Å²) < 4.78 is 11.9. The maximum atomic E-state index is 12.6. The molecule has 2 saturated carbocycles. The predicted molar refractivity (Wildman–Crippen MR) is 553 cm³/mol. The van der Waals surface area contributed by atoms with E-state index in [0.717, 1.165) is 46.8 Å². The number of aliphatic hydroxyl groups is 2. The summed E-state index contributed by atoms with van der Waals surface area (Å²) in [5.41, 5.74) is 5.77. The molecule has 15 nitrogen and oxygen atoms in total. The summed E-state index contributed by atoms with van der Waals surface area (Å²) in [6.07, 6.45) is 4.62. The van der Waals surface area contributed by atoms with Gasteiger partial charge in [-0.1, -0.05) is 382 Å². The number of hydrogen-bond acceptors (Lipinski definition) is 14. The number of alkyl halides is 2. The SMILES string of the molecule is C=CCN1CC[C@]23c4c5ccc(O)c4O[C@H]2C(=O)CC[C@@]3(O)[C@H]1C5.CN1C(=O)CC(=O)C(N)C1=O.ClCCl.O=C1CC[C@@]2(O)[C@H]3Cc4ccc(O)c5c4[C@@]2(CCN3)[C@H]1O5.[Pd].c1ccc(P(c2ccccc2)c2ccccc2)cc1.c1ccc(P(c2ccccc2)c2ccccc2)cc1.c1ccc(P(c2ccccc2)c2ccccc2)cc1.c1ccc(P(c2ccccc2)c2ccccc2)cc1. The molecule has 2 amide bonds. The Labute approximate surface area is 824 Å². The molecule has 0 radical (unpaired) electrons. The Morgan fingerprint density at radius 3 is 0.963 bits per heavy atom. The second kappa shape index (κ2) is 45.9. The Morgan fingerprint density at radius 2 is 0.676 bits per heavy atom. The van der Waals surface area contributed by atoms with Crippen LogP contribution in [0.15, 0.2) is 401 Å². The number of ether oxygens (including phenoxy) is 2. The number of nitrogens with zero attached hydrogens (tertiary/aromatic N) is 2. The van der Waals surface area contributed by atoms with Gasteiger partial charge in [0.25, 0.3) is 5.91 Å². The molecule has 23 rings (SSSR count). The van der Waals surface area contributed by atoms with Crippen LogP contribution in [0.5, 0.6) is 23.0 Å². The quantitative estimate of drug-likeness (QED) is 0.0149. The van der Waals surface area contributed by atoms with Crippen LogP contribution in [0.25, 0.3) is 0 Å². The van der Waals surface area contributed by atoms with Gasteiger partial charge in [0.2, 0.25) is 5.91 Å². The third-order valence-corrected chi connectivity index (χ3v) is 36.4. The van der Waals surface area contributed by atoms with E-state index in [1.54, 1.807) is 12.1 Å². The number of phenols is 2. The predicted octanol–water partition coefficient (Wildman–Crippen LogP) is 15.2. The van der Waals surface area contributed by atoms with Gasteiger partial charge < -0.3 is 41.0 Å². The molecule has 3 saturated heterocycles. The standard InChI is InChI=1S/C19H21NO4.4C18H15P.C16H17NO4.C6H8N2O3.CH2Cl2.Pd/c1-2-8-20-9-7-18-15-11-3-4-12(21)16(15)24-17(18)13(22)5-6-19(18,23)14(20)10-11;4*1-4-10-16(11-5-1)19(17-12-6-2-7-13-17)18-14-8-3-9-15-18;18-9-2-1-8-7-11-16(20)4-3-10(19)14-15(16,5-6-17-11)12(8)13(9)21-14;1-8-4(10)2-3(9)5(7)6(8)11;2-1-3;/h2-4,14,17,21,23H,1,5-10H2;4*1-15H;1-2,11,14,17-18,20H,3-7H2;5H,2,7H2,1H3;1H2;/t14-,17+,18+,19-;;;;;11-,14+,15+,16-;;;/m1....1.../s1. The van der Waals surface area contributed by atoms with E-state index < -0.39 is 89.6 Å². The van der Waals surface area contributed by atoms with Crippen LogP contribution in [0, 0.1) is 0 Å². The van der Waals surface area contributed by atoms with Gasteiger partial charge in [-0.25, -0.2) is 0 Å². The van der Waals surface area contributed by atoms with E-state index in [4.69, 9.17) is 38.4 Å². The van der Waals surface area contributed by atoms with Crippen LogP contribution in [0.3, 0.4) is 0 Å². The van der Waals surface area contributed by atoms with Gasteiger partial charge in [-0.05, 0) is 164 Å². The molecule has 5 heterocycles. The van der Waals surface area contributed by atoms with Crippen LogP contribution in [0.4, 0.5) is 0 Å².